The van der Waals surface area contributed by atoms with Crippen molar-refractivity contribution in [2.24, 2.45) is 0 Å². The second-order valence-corrected chi connectivity index (χ2v) is 4.78. The highest BCUT2D eigenvalue weighted by atomic mass is 16.2. The van der Waals surface area contributed by atoms with Crippen LogP contribution in [0.4, 0.5) is 0 Å². The van der Waals surface area contributed by atoms with E-state index < -0.39 is 11.8 Å². The first-order valence-corrected chi connectivity index (χ1v) is 6.32. The molecule has 0 aliphatic carbocycles. The Morgan fingerprint density at radius 2 is 0.950 bits per heavy atom. The molecule has 2 heterocycles. The maximum absolute atomic E-state index is 11.9. The number of rotatable bonds is 2. The van der Waals surface area contributed by atoms with Gasteiger partial charge >= 0.3 is 11.8 Å². The van der Waals surface area contributed by atoms with E-state index in [1.807, 2.05) is 52.0 Å². The highest BCUT2D eigenvalue weighted by Gasteiger charge is 2.16. The van der Waals surface area contributed by atoms with Gasteiger partial charge in [0.2, 0.25) is 0 Å². The number of aromatic nitrogens is 2. The van der Waals surface area contributed by atoms with Gasteiger partial charge in [0.15, 0.2) is 0 Å². The van der Waals surface area contributed by atoms with E-state index in [2.05, 4.69) is 10.9 Å². The van der Waals surface area contributed by atoms with Crippen molar-refractivity contribution >= 4 is 11.8 Å². The van der Waals surface area contributed by atoms with E-state index in [0.29, 0.717) is 0 Å². The average molecular weight is 274 g/mol. The number of nitrogens with one attached hydrogen (secondary N) is 2. The van der Waals surface area contributed by atoms with Crippen LogP contribution in [-0.2, 0) is 9.59 Å². The van der Waals surface area contributed by atoms with Gasteiger partial charge in [0, 0.05) is 22.8 Å². The van der Waals surface area contributed by atoms with Crippen molar-refractivity contribution in [3.8, 4) is 0 Å². The molecule has 2 rings (SSSR count). The third kappa shape index (κ3) is 2.59. The fraction of sp³-hybridized carbons (Fsp3) is 0.286. The third-order valence-corrected chi connectivity index (χ3v) is 3.18. The molecule has 20 heavy (non-hydrogen) atoms. The molecule has 106 valence electrons. The molecule has 0 radical (unpaired) electrons. The molecule has 0 unspecified atom stereocenters. The lowest BCUT2D eigenvalue weighted by Crippen LogP contribution is -2.38. The minimum absolute atomic E-state index is 0.708. The summed E-state index contributed by atoms with van der Waals surface area (Å²) in [6, 6.07) is 7.48. The van der Waals surface area contributed by atoms with E-state index in [4.69, 9.17) is 0 Å². The fourth-order valence-electron chi connectivity index (χ4n) is 1.99. The van der Waals surface area contributed by atoms with Gasteiger partial charge in [-0.05, 0) is 52.0 Å². The van der Waals surface area contributed by atoms with E-state index in [0.717, 1.165) is 22.8 Å². The summed E-state index contributed by atoms with van der Waals surface area (Å²) in [5.74, 6) is -1.42. The summed E-state index contributed by atoms with van der Waals surface area (Å²) in [6.45, 7) is 7.41. The molecule has 0 saturated heterocycles. The van der Waals surface area contributed by atoms with E-state index in [1.165, 1.54) is 0 Å². The second kappa shape index (κ2) is 5.24. The van der Waals surface area contributed by atoms with Crippen LogP contribution in [-0.4, -0.2) is 21.2 Å². The number of carbonyl (C=O) groups is 2. The van der Waals surface area contributed by atoms with Crippen LogP contribution in [0, 0.1) is 27.7 Å². The Hall–Kier alpha value is -2.50. The lowest BCUT2D eigenvalue weighted by molar-refractivity contribution is -0.134. The van der Waals surface area contributed by atoms with Gasteiger partial charge < -0.3 is 0 Å². The van der Waals surface area contributed by atoms with E-state index in [9.17, 15) is 9.59 Å². The second-order valence-electron chi connectivity index (χ2n) is 4.78. The molecule has 2 aromatic rings. The van der Waals surface area contributed by atoms with Gasteiger partial charge in [-0.1, -0.05) is 0 Å². The minimum atomic E-state index is -0.708. The molecule has 0 saturated carbocycles. The molecular formula is C14H18N4O2. The van der Waals surface area contributed by atoms with Crippen LogP contribution in [0.2, 0.25) is 0 Å². The SMILES string of the molecule is Cc1ccc(C)n1NC(=O)C(=O)Nn1c(C)ccc1C. The summed E-state index contributed by atoms with van der Waals surface area (Å²) >= 11 is 0. The normalized spacial score (nSPS) is 10.4. The molecule has 2 amide bonds. The average Bonchev–Trinajstić information content (AvgIpc) is 2.88. The lowest BCUT2D eigenvalue weighted by atomic mass is 10.5. The van der Waals surface area contributed by atoms with Crippen molar-refractivity contribution < 1.29 is 9.59 Å². The predicted molar refractivity (Wildman–Crippen MR) is 76.5 cm³/mol. The zero-order valence-electron chi connectivity index (χ0n) is 12.0. The number of aryl methyl sites for hydroxylation is 4. The van der Waals surface area contributed by atoms with Crippen LogP contribution in [0.1, 0.15) is 22.8 Å². The van der Waals surface area contributed by atoms with Crippen molar-refractivity contribution in [1.82, 2.24) is 9.35 Å². The number of amides is 2. The Balaban J connectivity index is 2.09. The number of hydrogen-bond donors (Lipinski definition) is 2. The molecule has 0 spiro atoms. The number of carbonyl (C=O) groups excluding carboxylic acids is 2. The van der Waals surface area contributed by atoms with Crippen LogP contribution in [0.15, 0.2) is 24.3 Å². The van der Waals surface area contributed by atoms with Crippen molar-refractivity contribution in [3.05, 3.63) is 47.0 Å². The molecule has 0 aromatic carbocycles. The van der Waals surface area contributed by atoms with Crippen LogP contribution in [0.25, 0.3) is 0 Å². The maximum Gasteiger partial charge on any atom is 0.329 e. The summed E-state index contributed by atoms with van der Waals surface area (Å²) in [4.78, 5) is 23.8. The Labute approximate surface area is 117 Å². The Kier molecular flexibility index (Phi) is 3.65. The molecule has 0 aliphatic rings. The van der Waals surface area contributed by atoms with Crippen molar-refractivity contribution in [1.29, 1.82) is 0 Å². The lowest BCUT2D eigenvalue weighted by Gasteiger charge is -2.13. The Morgan fingerprint density at radius 3 is 1.20 bits per heavy atom. The van der Waals surface area contributed by atoms with E-state index in [1.54, 1.807) is 9.35 Å². The summed E-state index contributed by atoms with van der Waals surface area (Å²) < 4.78 is 3.16. The van der Waals surface area contributed by atoms with Crippen LogP contribution >= 0.6 is 0 Å². The van der Waals surface area contributed by atoms with Crippen molar-refractivity contribution in [3.63, 3.8) is 0 Å². The van der Waals surface area contributed by atoms with E-state index >= 15 is 0 Å². The highest BCUT2D eigenvalue weighted by molar-refractivity contribution is 6.41. The smallest absolute Gasteiger partial charge is 0.262 e. The molecule has 6 nitrogen and oxygen atoms in total. The van der Waals surface area contributed by atoms with E-state index in [-0.39, 0.29) is 0 Å². The molecule has 6 heteroatoms. The first-order valence-electron chi connectivity index (χ1n) is 6.32. The molecule has 0 atom stereocenters. The summed E-state index contributed by atoms with van der Waals surface area (Å²) in [6.07, 6.45) is 0. The maximum atomic E-state index is 11.9. The zero-order chi connectivity index (χ0) is 14.9. The summed E-state index contributed by atoms with van der Waals surface area (Å²) in [7, 11) is 0. The van der Waals surface area contributed by atoms with Crippen molar-refractivity contribution in [2.45, 2.75) is 27.7 Å². The topological polar surface area (TPSA) is 68.1 Å². The summed E-state index contributed by atoms with van der Waals surface area (Å²) in [5, 5.41) is 0. The van der Waals surface area contributed by atoms with Gasteiger partial charge in [-0.25, -0.2) is 0 Å². The third-order valence-electron chi connectivity index (χ3n) is 3.18. The Bertz CT molecular complexity index is 570. The van der Waals surface area contributed by atoms with Crippen molar-refractivity contribution in [2.75, 3.05) is 10.9 Å². The van der Waals surface area contributed by atoms with Gasteiger partial charge in [-0.3, -0.25) is 29.8 Å². The molecule has 0 bridgehead atoms. The van der Waals surface area contributed by atoms with Gasteiger partial charge in [0.25, 0.3) is 0 Å². The number of nitrogens with zero attached hydrogens (tertiary/aromatic N) is 2. The first-order chi connectivity index (χ1) is 9.40. The van der Waals surface area contributed by atoms with Crippen LogP contribution in [0.3, 0.4) is 0 Å². The highest BCUT2D eigenvalue weighted by Crippen LogP contribution is 2.05. The first kappa shape index (κ1) is 13.9. The predicted octanol–water partition coefficient (Wildman–Crippen LogP) is 1.36. The quantitative estimate of drug-likeness (QED) is 0.812. The summed E-state index contributed by atoms with van der Waals surface area (Å²) in [5.41, 5.74) is 8.56. The molecule has 0 aliphatic heterocycles. The molecular weight excluding hydrogens is 256 g/mol. The fourth-order valence-corrected chi connectivity index (χ4v) is 1.99. The zero-order valence-corrected chi connectivity index (χ0v) is 12.0. The standard InChI is InChI=1S/C14H18N4O2/c1-9-5-6-10(2)17(9)15-13(19)14(20)16-18-11(3)7-8-12(18)4/h5-8H,1-4H3,(H,15,19)(H,16,20). The van der Waals surface area contributed by atoms with Gasteiger partial charge in [-0.2, -0.15) is 0 Å². The Morgan fingerprint density at radius 1 is 0.700 bits per heavy atom. The molecule has 2 N–H and O–H groups in total. The molecule has 0 fully saturated rings. The molecule has 2 aromatic heterocycles. The minimum Gasteiger partial charge on any atom is -0.262 e. The van der Waals surface area contributed by atoms with Crippen LogP contribution < -0.4 is 10.9 Å². The van der Waals surface area contributed by atoms with Gasteiger partial charge in [-0.15, -0.1) is 0 Å². The van der Waals surface area contributed by atoms with Crippen LogP contribution in [0.5, 0.6) is 0 Å². The number of hydrogen-bond acceptors (Lipinski definition) is 2. The largest absolute Gasteiger partial charge is 0.329 e. The monoisotopic (exact) mass is 274 g/mol. The van der Waals surface area contributed by atoms with Gasteiger partial charge in [0.05, 0.1) is 0 Å². The van der Waals surface area contributed by atoms with Gasteiger partial charge in [0.1, 0.15) is 0 Å².